The third-order valence-electron chi connectivity index (χ3n) is 3.71. The number of carbonyl (C=O) groups excluding carboxylic acids is 1. The Hall–Kier alpha value is -1.35. The van der Waals surface area contributed by atoms with Crippen LogP contribution < -0.4 is 11.1 Å². The van der Waals surface area contributed by atoms with Crippen molar-refractivity contribution in [1.29, 1.82) is 0 Å². The van der Waals surface area contributed by atoms with Crippen molar-refractivity contribution in [2.75, 3.05) is 6.54 Å². The lowest BCUT2D eigenvalue weighted by Gasteiger charge is -2.14. The monoisotopic (exact) mass is 246 g/mol. The van der Waals surface area contributed by atoms with Gasteiger partial charge in [0.05, 0.1) is 0 Å². The zero-order chi connectivity index (χ0) is 12.8. The van der Waals surface area contributed by atoms with E-state index in [9.17, 15) is 4.79 Å². The molecule has 1 fully saturated rings. The summed E-state index contributed by atoms with van der Waals surface area (Å²) in [4.78, 5) is 11.8. The van der Waals surface area contributed by atoms with Crippen molar-refractivity contribution in [2.24, 2.45) is 11.7 Å². The lowest BCUT2D eigenvalue weighted by Crippen LogP contribution is -2.31. The van der Waals surface area contributed by atoms with E-state index in [1.807, 2.05) is 30.3 Å². The summed E-state index contributed by atoms with van der Waals surface area (Å²) in [6, 6.07) is 10.0. The highest BCUT2D eigenvalue weighted by Crippen LogP contribution is 2.24. The summed E-state index contributed by atoms with van der Waals surface area (Å²) in [6.07, 6.45) is 5.29. The second kappa shape index (κ2) is 6.55. The molecule has 0 saturated heterocycles. The first-order valence-electron chi connectivity index (χ1n) is 6.85. The first kappa shape index (κ1) is 13.1. The molecule has 1 aliphatic carbocycles. The van der Waals surface area contributed by atoms with Crippen LogP contribution in [0.4, 0.5) is 0 Å². The lowest BCUT2D eigenvalue weighted by molar-refractivity contribution is -0.124. The molecule has 0 heterocycles. The quantitative estimate of drug-likeness (QED) is 0.838. The highest BCUT2D eigenvalue weighted by Gasteiger charge is 2.22. The molecule has 1 atom stereocenters. The summed E-state index contributed by atoms with van der Waals surface area (Å²) in [5, 5.41) is 3.01. The van der Waals surface area contributed by atoms with Crippen LogP contribution in [0.15, 0.2) is 30.3 Å². The van der Waals surface area contributed by atoms with Gasteiger partial charge in [0.15, 0.2) is 0 Å². The number of benzene rings is 1. The van der Waals surface area contributed by atoms with E-state index in [-0.39, 0.29) is 17.9 Å². The summed E-state index contributed by atoms with van der Waals surface area (Å²) >= 11 is 0. The third kappa shape index (κ3) is 3.57. The van der Waals surface area contributed by atoms with Gasteiger partial charge in [0.1, 0.15) is 0 Å². The Bertz CT molecular complexity index is 371. The Morgan fingerprint density at radius 2 is 1.94 bits per heavy atom. The second-order valence-corrected chi connectivity index (χ2v) is 5.08. The minimum Gasteiger partial charge on any atom is -0.356 e. The molecule has 1 aromatic carbocycles. The minimum absolute atomic E-state index is 0.00933. The summed E-state index contributed by atoms with van der Waals surface area (Å²) in [7, 11) is 0. The van der Waals surface area contributed by atoms with E-state index < -0.39 is 0 Å². The van der Waals surface area contributed by atoms with Gasteiger partial charge in [-0.25, -0.2) is 0 Å². The predicted molar refractivity (Wildman–Crippen MR) is 73.0 cm³/mol. The fourth-order valence-electron chi connectivity index (χ4n) is 2.55. The topological polar surface area (TPSA) is 55.1 Å². The number of amides is 1. The number of rotatable bonds is 5. The zero-order valence-corrected chi connectivity index (χ0v) is 10.8. The molecule has 1 aromatic rings. The molecule has 0 spiro atoms. The van der Waals surface area contributed by atoms with Crippen molar-refractivity contribution in [1.82, 2.24) is 5.32 Å². The number of carbonyl (C=O) groups is 1. The van der Waals surface area contributed by atoms with Crippen molar-refractivity contribution < 1.29 is 4.79 Å². The van der Waals surface area contributed by atoms with Gasteiger partial charge in [0.25, 0.3) is 0 Å². The van der Waals surface area contributed by atoms with Crippen LogP contribution in [0, 0.1) is 5.92 Å². The smallest absolute Gasteiger partial charge is 0.223 e. The summed E-state index contributed by atoms with van der Waals surface area (Å²) in [5.41, 5.74) is 7.22. The molecule has 2 rings (SSSR count). The van der Waals surface area contributed by atoms with Crippen molar-refractivity contribution in [2.45, 2.75) is 38.1 Å². The fourth-order valence-corrected chi connectivity index (χ4v) is 2.55. The van der Waals surface area contributed by atoms with E-state index in [1.165, 1.54) is 12.8 Å². The van der Waals surface area contributed by atoms with Crippen molar-refractivity contribution in [3.63, 3.8) is 0 Å². The minimum atomic E-state index is 0.00933. The Kier molecular flexibility index (Phi) is 4.76. The first-order chi connectivity index (χ1) is 8.77. The lowest BCUT2D eigenvalue weighted by atomic mass is 10.0. The molecule has 1 aliphatic rings. The molecule has 0 aliphatic heterocycles. The second-order valence-electron chi connectivity index (χ2n) is 5.08. The van der Waals surface area contributed by atoms with Crippen molar-refractivity contribution in [3.8, 4) is 0 Å². The van der Waals surface area contributed by atoms with Crippen LogP contribution in [-0.4, -0.2) is 12.5 Å². The first-order valence-corrected chi connectivity index (χ1v) is 6.85. The average Bonchev–Trinajstić information content (AvgIpc) is 2.93. The average molecular weight is 246 g/mol. The number of nitrogens with two attached hydrogens (primary N) is 1. The Morgan fingerprint density at radius 3 is 2.61 bits per heavy atom. The molecule has 98 valence electrons. The van der Waals surface area contributed by atoms with Gasteiger partial charge in [-0.2, -0.15) is 0 Å². The van der Waals surface area contributed by atoms with Crippen LogP contribution in [0.3, 0.4) is 0 Å². The normalized spacial score (nSPS) is 17.6. The van der Waals surface area contributed by atoms with Gasteiger partial charge in [-0.3, -0.25) is 4.79 Å². The highest BCUT2D eigenvalue weighted by molar-refractivity contribution is 5.78. The van der Waals surface area contributed by atoms with Crippen LogP contribution in [0.1, 0.15) is 43.7 Å². The van der Waals surface area contributed by atoms with Gasteiger partial charge in [-0.15, -0.1) is 0 Å². The molecule has 0 radical (unpaired) electrons. The number of nitrogens with one attached hydrogen (secondary N) is 1. The number of hydrogen-bond donors (Lipinski definition) is 2. The SMILES string of the molecule is NC(CCNC(=O)C1CCCC1)c1ccccc1. The maximum absolute atomic E-state index is 11.8. The summed E-state index contributed by atoms with van der Waals surface area (Å²) in [6.45, 7) is 0.672. The Morgan fingerprint density at radius 1 is 1.28 bits per heavy atom. The summed E-state index contributed by atoms with van der Waals surface area (Å²) in [5.74, 6) is 0.464. The van der Waals surface area contributed by atoms with Gasteiger partial charge in [-0.1, -0.05) is 43.2 Å². The molecule has 18 heavy (non-hydrogen) atoms. The van der Waals surface area contributed by atoms with E-state index in [0.29, 0.717) is 6.54 Å². The molecule has 3 N–H and O–H groups in total. The van der Waals surface area contributed by atoms with Crippen LogP contribution in [-0.2, 0) is 4.79 Å². The van der Waals surface area contributed by atoms with Gasteiger partial charge in [0.2, 0.25) is 5.91 Å². The van der Waals surface area contributed by atoms with Gasteiger partial charge >= 0.3 is 0 Å². The molecule has 3 nitrogen and oxygen atoms in total. The van der Waals surface area contributed by atoms with E-state index in [0.717, 1.165) is 24.8 Å². The molecule has 0 bridgehead atoms. The van der Waals surface area contributed by atoms with Crippen LogP contribution in [0.25, 0.3) is 0 Å². The molecular weight excluding hydrogens is 224 g/mol. The van der Waals surface area contributed by atoms with Crippen molar-refractivity contribution >= 4 is 5.91 Å². The van der Waals surface area contributed by atoms with Gasteiger partial charge in [-0.05, 0) is 24.8 Å². The molecular formula is C15H22N2O. The van der Waals surface area contributed by atoms with Gasteiger partial charge in [0, 0.05) is 18.5 Å². The fraction of sp³-hybridized carbons (Fsp3) is 0.533. The van der Waals surface area contributed by atoms with E-state index in [1.54, 1.807) is 0 Å². The van der Waals surface area contributed by atoms with Crippen molar-refractivity contribution in [3.05, 3.63) is 35.9 Å². The molecule has 3 heteroatoms. The Balaban J connectivity index is 1.70. The molecule has 0 aromatic heterocycles. The van der Waals surface area contributed by atoms with Crippen LogP contribution >= 0.6 is 0 Å². The maximum Gasteiger partial charge on any atom is 0.223 e. The predicted octanol–water partition coefficient (Wildman–Crippen LogP) is 2.38. The largest absolute Gasteiger partial charge is 0.356 e. The van der Waals surface area contributed by atoms with E-state index in [2.05, 4.69) is 5.32 Å². The molecule has 1 saturated carbocycles. The zero-order valence-electron chi connectivity index (χ0n) is 10.8. The summed E-state index contributed by atoms with van der Waals surface area (Å²) < 4.78 is 0. The van der Waals surface area contributed by atoms with Crippen LogP contribution in [0.5, 0.6) is 0 Å². The van der Waals surface area contributed by atoms with E-state index >= 15 is 0 Å². The molecule has 1 unspecified atom stereocenters. The standard InChI is InChI=1S/C15H22N2O/c16-14(12-6-2-1-3-7-12)10-11-17-15(18)13-8-4-5-9-13/h1-3,6-7,13-14H,4-5,8-11,16H2,(H,17,18). The Labute approximate surface area is 109 Å². The highest BCUT2D eigenvalue weighted by atomic mass is 16.1. The number of hydrogen-bond acceptors (Lipinski definition) is 2. The maximum atomic E-state index is 11.8. The van der Waals surface area contributed by atoms with Gasteiger partial charge < -0.3 is 11.1 Å². The third-order valence-corrected chi connectivity index (χ3v) is 3.71. The molecule has 1 amide bonds. The van der Waals surface area contributed by atoms with Crippen LogP contribution in [0.2, 0.25) is 0 Å². The van der Waals surface area contributed by atoms with E-state index in [4.69, 9.17) is 5.73 Å².